The van der Waals surface area contributed by atoms with Gasteiger partial charge in [0.1, 0.15) is 0 Å². The van der Waals surface area contributed by atoms with Crippen molar-refractivity contribution in [2.24, 2.45) is 5.92 Å². The molecule has 384 valence electrons. The molecule has 7 aromatic carbocycles. The summed E-state index contributed by atoms with van der Waals surface area (Å²) in [5, 5.41) is 2.69. The van der Waals surface area contributed by atoms with Gasteiger partial charge in [-0.3, -0.25) is 9.97 Å². The summed E-state index contributed by atoms with van der Waals surface area (Å²) in [6.07, 6.45) is 23.6. The lowest BCUT2D eigenvalue weighted by molar-refractivity contribution is 0.697. The molecule has 1 atom stereocenters. The van der Waals surface area contributed by atoms with Gasteiger partial charge in [-0.25, -0.2) is 15.0 Å². The summed E-state index contributed by atoms with van der Waals surface area (Å²) in [6, 6.07) is 64.2. The van der Waals surface area contributed by atoms with Crippen LogP contribution in [0.15, 0.2) is 250 Å². The van der Waals surface area contributed by atoms with Crippen LogP contribution >= 0.6 is 0 Å². The van der Waals surface area contributed by atoms with Gasteiger partial charge in [0.25, 0.3) is 0 Å². The molecule has 3 aromatic heterocycles. The molecule has 0 radical (unpaired) electrons. The predicted molar refractivity (Wildman–Crippen MR) is 332 cm³/mol. The van der Waals surface area contributed by atoms with Crippen molar-refractivity contribution in [3.63, 3.8) is 0 Å². The number of hydrogen-bond donors (Lipinski definition) is 0. The second-order valence-electron chi connectivity index (χ2n) is 19.5. The molecule has 10 aromatic rings. The van der Waals surface area contributed by atoms with Gasteiger partial charge in [0.2, 0.25) is 0 Å². The van der Waals surface area contributed by atoms with Crippen molar-refractivity contribution < 1.29 is 0 Å². The van der Waals surface area contributed by atoms with Gasteiger partial charge in [0, 0.05) is 47.0 Å². The molecule has 3 heterocycles. The Balaban J connectivity index is 0.000000315. The fourth-order valence-corrected chi connectivity index (χ4v) is 9.86. The van der Waals surface area contributed by atoms with Crippen LogP contribution in [0.3, 0.4) is 0 Å². The molecule has 0 fully saturated rings. The molecular weight excluding hydrogens is 947 g/mol. The number of pyridine rings is 2. The maximum Gasteiger partial charge on any atom is 0.164 e. The lowest BCUT2D eigenvalue weighted by Crippen LogP contribution is -2.00. The van der Waals surface area contributed by atoms with E-state index in [1.54, 1.807) is 6.08 Å². The molecule has 0 N–H and O–H groups in total. The van der Waals surface area contributed by atoms with Crippen molar-refractivity contribution in [3.05, 3.63) is 267 Å². The number of rotatable bonds is 10. The number of allylic oxidation sites excluding steroid dienone is 9. The van der Waals surface area contributed by atoms with E-state index in [9.17, 15) is 0 Å². The van der Waals surface area contributed by atoms with Crippen LogP contribution in [0.25, 0.3) is 106 Å². The van der Waals surface area contributed by atoms with Gasteiger partial charge < -0.3 is 0 Å². The maximum atomic E-state index is 5.12. The highest BCUT2D eigenvalue weighted by Gasteiger charge is 2.25. The van der Waals surface area contributed by atoms with Gasteiger partial charge in [0.15, 0.2) is 17.5 Å². The van der Waals surface area contributed by atoms with E-state index in [0.717, 1.165) is 68.8 Å². The smallest absolute Gasteiger partial charge is 0.164 e. The summed E-state index contributed by atoms with van der Waals surface area (Å²) in [6.45, 7) is 15.9. The van der Waals surface area contributed by atoms with E-state index in [1.165, 1.54) is 61.7 Å². The molecule has 2 aliphatic rings. The molecule has 5 nitrogen and oxygen atoms in total. The summed E-state index contributed by atoms with van der Waals surface area (Å²) in [5.74, 6) is 2.66. The Morgan fingerprint density at radius 2 is 1.08 bits per heavy atom. The normalized spacial score (nSPS) is 12.6. The molecule has 0 saturated heterocycles. The van der Waals surface area contributed by atoms with E-state index >= 15 is 0 Å². The zero-order valence-electron chi connectivity index (χ0n) is 45.7. The van der Waals surface area contributed by atoms with Crippen LogP contribution < -0.4 is 0 Å². The Kier molecular flexibility index (Phi) is 17.9. The highest BCUT2D eigenvalue weighted by molar-refractivity contribution is 6.19. The van der Waals surface area contributed by atoms with Gasteiger partial charge in [0.05, 0.1) is 0 Å². The van der Waals surface area contributed by atoms with Crippen LogP contribution in [-0.4, -0.2) is 24.9 Å². The van der Waals surface area contributed by atoms with E-state index in [1.807, 2.05) is 117 Å². The quantitative estimate of drug-likeness (QED) is 0.128. The van der Waals surface area contributed by atoms with E-state index in [-0.39, 0.29) is 0 Å². The SMILES string of the molecule is C/C=C(\C)c1ccncc1.C/C=C\C(C)CC.C1=CC2=C(CC1)c1cccc3c(-c4ccc(-c5cc(-c6cccc(-c7cccnc7)c6)cc(-c6nc(-c7ccccc7)nc(-c7ccccc7)n6)c5)cc4)ccc2c13.C=CC. The van der Waals surface area contributed by atoms with Gasteiger partial charge in [-0.05, 0) is 172 Å². The van der Waals surface area contributed by atoms with Crippen molar-refractivity contribution >= 4 is 27.5 Å². The maximum absolute atomic E-state index is 5.12. The summed E-state index contributed by atoms with van der Waals surface area (Å²) < 4.78 is 0. The summed E-state index contributed by atoms with van der Waals surface area (Å²) >= 11 is 0. The van der Waals surface area contributed by atoms with Gasteiger partial charge >= 0.3 is 0 Å². The zero-order chi connectivity index (χ0) is 54.2. The predicted octanol–water partition coefficient (Wildman–Crippen LogP) is 20.0. The molecule has 0 amide bonds. The lowest BCUT2D eigenvalue weighted by atomic mass is 9.91. The summed E-state index contributed by atoms with van der Waals surface area (Å²) in [4.78, 5) is 23.5. The van der Waals surface area contributed by atoms with E-state index in [0.29, 0.717) is 17.5 Å². The molecule has 12 rings (SSSR count). The van der Waals surface area contributed by atoms with E-state index < -0.39 is 0 Å². The molecule has 1 unspecified atom stereocenters. The Labute approximate surface area is 462 Å². The third kappa shape index (κ3) is 12.6. The first-order valence-corrected chi connectivity index (χ1v) is 27.1. The first-order chi connectivity index (χ1) is 38.3. The van der Waals surface area contributed by atoms with Gasteiger partial charge in [-0.1, -0.05) is 196 Å². The third-order valence-corrected chi connectivity index (χ3v) is 14.2. The second-order valence-corrected chi connectivity index (χ2v) is 19.5. The topological polar surface area (TPSA) is 64.5 Å². The largest absolute Gasteiger partial charge is 0.265 e. The molecular formula is C73H67N5. The molecule has 0 bridgehead atoms. The van der Waals surface area contributed by atoms with Crippen molar-refractivity contribution in [2.75, 3.05) is 0 Å². The lowest BCUT2D eigenvalue weighted by Gasteiger charge is -2.14. The average Bonchev–Trinajstić information content (AvgIpc) is 3.95. The second kappa shape index (κ2) is 26.0. The van der Waals surface area contributed by atoms with E-state index in [2.05, 4.69) is 178 Å². The Morgan fingerprint density at radius 1 is 0.526 bits per heavy atom. The highest BCUT2D eigenvalue weighted by atomic mass is 15.0. The monoisotopic (exact) mass is 1010 g/mol. The number of nitrogens with zero attached hydrogens (tertiary/aromatic N) is 5. The van der Waals surface area contributed by atoms with Crippen LogP contribution in [0.2, 0.25) is 0 Å². The fourth-order valence-electron chi connectivity index (χ4n) is 9.86. The van der Waals surface area contributed by atoms with Crippen molar-refractivity contribution in [1.29, 1.82) is 0 Å². The van der Waals surface area contributed by atoms with E-state index in [4.69, 9.17) is 15.0 Å². The van der Waals surface area contributed by atoms with Crippen molar-refractivity contribution in [3.8, 4) is 78.7 Å². The number of benzene rings is 7. The van der Waals surface area contributed by atoms with Gasteiger partial charge in [-0.2, -0.15) is 0 Å². The van der Waals surface area contributed by atoms with Gasteiger partial charge in [-0.15, -0.1) is 6.58 Å². The third-order valence-electron chi connectivity index (χ3n) is 14.2. The first-order valence-electron chi connectivity index (χ1n) is 27.1. The molecule has 78 heavy (non-hydrogen) atoms. The molecule has 0 aliphatic heterocycles. The minimum Gasteiger partial charge on any atom is -0.265 e. The van der Waals surface area contributed by atoms with Crippen LogP contribution in [0.5, 0.6) is 0 Å². The Hall–Kier alpha value is -9.19. The fraction of sp³-hybridized carbons (Fsp3) is 0.137. The highest BCUT2D eigenvalue weighted by Crippen LogP contribution is 2.48. The number of fused-ring (bicyclic) bond motifs is 2. The van der Waals surface area contributed by atoms with Crippen molar-refractivity contribution in [2.45, 2.75) is 60.8 Å². The van der Waals surface area contributed by atoms with Crippen LogP contribution in [0, 0.1) is 5.92 Å². The number of hydrogen-bond acceptors (Lipinski definition) is 5. The van der Waals surface area contributed by atoms with Crippen molar-refractivity contribution in [1.82, 2.24) is 24.9 Å². The first kappa shape index (κ1) is 53.6. The Morgan fingerprint density at radius 3 is 1.68 bits per heavy atom. The molecule has 0 saturated carbocycles. The Bertz CT molecular complexity index is 3700. The molecule has 5 heteroatoms. The minimum atomic E-state index is 0.620. The van der Waals surface area contributed by atoms with Crippen LogP contribution in [0.1, 0.15) is 77.5 Å². The summed E-state index contributed by atoms with van der Waals surface area (Å²) in [7, 11) is 0. The molecule has 2 aliphatic carbocycles. The van der Waals surface area contributed by atoms with Crippen LogP contribution in [-0.2, 0) is 0 Å². The standard InChI is InChI=1S/C54H36N4.C9H11N.C7H14.C3H6/c1-3-12-37(13-4-1)52-56-53(38-14-5-2-6-15-38)58-54(57-52)44-32-42(31-43(33-44)40-17-9-16-39(30-40)41-18-11-29-55-34-41)35-23-25-36(26-24-35)45-27-28-50-47-20-8-7-19-46(47)49-22-10-21-48(45)51(49)50;1-3-8(2)9-4-6-10-7-5-9;1-4-6-7(3)5-2;1-3-2/h1-6,8-18,20-34H,7,19H2;3-7H,1-2H3;4,6-7H,5H2,1-3H3;3H,1H2,2H3/b;8-3+;6-4-;. The summed E-state index contributed by atoms with van der Waals surface area (Å²) in [5.41, 5.74) is 20.0. The number of aromatic nitrogens is 5. The zero-order valence-corrected chi connectivity index (χ0v) is 45.7. The average molecular weight is 1010 g/mol. The van der Waals surface area contributed by atoms with Crippen LogP contribution in [0.4, 0.5) is 0 Å². The minimum absolute atomic E-state index is 0.620. The molecule has 0 spiro atoms.